The lowest BCUT2D eigenvalue weighted by molar-refractivity contribution is 0.480. The molecule has 0 saturated heterocycles. The number of hydrogen-bond acceptors (Lipinski definition) is 3. The summed E-state index contributed by atoms with van der Waals surface area (Å²) in [5.74, 6) is 1.37. The van der Waals surface area contributed by atoms with E-state index in [1.54, 1.807) is 18.4 Å². The first-order chi connectivity index (χ1) is 10.6. The molecule has 4 nitrogen and oxygen atoms in total. The van der Waals surface area contributed by atoms with Crippen molar-refractivity contribution in [3.8, 4) is 10.6 Å². The minimum atomic E-state index is 0. The van der Waals surface area contributed by atoms with Crippen LogP contribution in [-0.4, -0.2) is 24.0 Å². The van der Waals surface area contributed by atoms with Crippen LogP contribution in [0, 0.1) is 5.92 Å². The summed E-state index contributed by atoms with van der Waals surface area (Å²) < 4.78 is 0. The number of benzene rings is 1. The second-order valence-corrected chi connectivity index (χ2v) is 6.47. The van der Waals surface area contributed by atoms with Gasteiger partial charge < -0.3 is 10.6 Å². The van der Waals surface area contributed by atoms with Gasteiger partial charge in [-0.1, -0.05) is 44.2 Å². The fourth-order valence-corrected chi connectivity index (χ4v) is 2.68. The highest BCUT2D eigenvalue weighted by Gasteiger charge is 2.09. The number of rotatable bonds is 5. The van der Waals surface area contributed by atoms with Crippen molar-refractivity contribution in [3.63, 3.8) is 0 Å². The fraction of sp³-hybridized carbons (Fsp3) is 0.412. The molecule has 23 heavy (non-hydrogen) atoms. The Labute approximate surface area is 159 Å². The summed E-state index contributed by atoms with van der Waals surface area (Å²) in [6, 6.07) is 10.6. The number of aromatic nitrogens is 1. The number of thiazole rings is 1. The Hall–Kier alpha value is -1.15. The van der Waals surface area contributed by atoms with Crippen molar-refractivity contribution in [2.75, 3.05) is 7.05 Å². The minimum absolute atomic E-state index is 0. The van der Waals surface area contributed by atoms with E-state index in [4.69, 9.17) is 0 Å². The molecule has 6 heteroatoms. The van der Waals surface area contributed by atoms with Crippen molar-refractivity contribution >= 4 is 41.3 Å². The van der Waals surface area contributed by atoms with Crippen molar-refractivity contribution in [1.29, 1.82) is 0 Å². The summed E-state index contributed by atoms with van der Waals surface area (Å²) in [5.41, 5.74) is 2.19. The van der Waals surface area contributed by atoms with Gasteiger partial charge in [0.05, 0.1) is 12.2 Å². The van der Waals surface area contributed by atoms with Crippen LogP contribution in [0.1, 0.15) is 26.5 Å². The summed E-state index contributed by atoms with van der Waals surface area (Å²) in [5, 5.41) is 9.85. The molecular formula is C17H25IN4S. The SMILES string of the molecule is CN=C(NCc1csc(-c2ccccc2)n1)NC(C)C(C)C.I. The van der Waals surface area contributed by atoms with E-state index < -0.39 is 0 Å². The number of halogens is 1. The highest BCUT2D eigenvalue weighted by atomic mass is 127. The van der Waals surface area contributed by atoms with E-state index in [2.05, 4.69) is 58.9 Å². The van der Waals surface area contributed by atoms with Crippen LogP contribution in [0.2, 0.25) is 0 Å². The molecule has 2 rings (SSSR count). The first-order valence-electron chi connectivity index (χ1n) is 7.57. The zero-order chi connectivity index (χ0) is 15.9. The summed E-state index contributed by atoms with van der Waals surface area (Å²) in [6.45, 7) is 7.22. The third-order valence-electron chi connectivity index (χ3n) is 3.60. The number of hydrogen-bond donors (Lipinski definition) is 2. The van der Waals surface area contributed by atoms with Gasteiger partial charge in [-0.15, -0.1) is 35.3 Å². The monoisotopic (exact) mass is 444 g/mol. The van der Waals surface area contributed by atoms with Crippen molar-refractivity contribution in [1.82, 2.24) is 15.6 Å². The van der Waals surface area contributed by atoms with Crippen LogP contribution in [0.3, 0.4) is 0 Å². The molecular weight excluding hydrogens is 419 g/mol. The molecule has 0 amide bonds. The zero-order valence-corrected chi connectivity index (χ0v) is 17.2. The van der Waals surface area contributed by atoms with Gasteiger partial charge in [0.1, 0.15) is 5.01 Å². The Kier molecular flexibility index (Phi) is 8.54. The lowest BCUT2D eigenvalue weighted by Gasteiger charge is -2.20. The molecule has 1 aromatic carbocycles. The van der Waals surface area contributed by atoms with Crippen LogP contribution >= 0.6 is 35.3 Å². The molecule has 1 heterocycles. The van der Waals surface area contributed by atoms with Gasteiger partial charge in [0.25, 0.3) is 0 Å². The van der Waals surface area contributed by atoms with Crippen LogP contribution < -0.4 is 10.6 Å². The summed E-state index contributed by atoms with van der Waals surface area (Å²) in [7, 11) is 1.79. The van der Waals surface area contributed by atoms with Gasteiger partial charge in [0.15, 0.2) is 5.96 Å². The highest BCUT2D eigenvalue weighted by Crippen LogP contribution is 2.23. The van der Waals surface area contributed by atoms with Gasteiger partial charge in [0.2, 0.25) is 0 Å². The number of aliphatic imine (C=N–C) groups is 1. The molecule has 1 unspecified atom stereocenters. The molecule has 0 saturated carbocycles. The number of nitrogens with one attached hydrogen (secondary N) is 2. The van der Waals surface area contributed by atoms with Crippen molar-refractivity contribution in [3.05, 3.63) is 41.4 Å². The lowest BCUT2D eigenvalue weighted by Crippen LogP contribution is -2.43. The predicted octanol–water partition coefficient (Wildman–Crippen LogP) is 4.14. The Balaban J connectivity index is 0.00000264. The zero-order valence-electron chi connectivity index (χ0n) is 14.0. The molecule has 2 aromatic rings. The topological polar surface area (TPSA) is 49.3 Å². The third-order valence-corrected chi connectivity index (χ3v) is 4.54. The van der Waals surface area contributed by atoms with Crippen molar-refractivity contribution in [2.24, 2.45) is 10.9 Å². The van der Waals surface area contributed by atoms with Crippen molar-refractivity contribution < 1.29 is 0 Å². The number of nitrogens with zero attached hydrogens (tertiary/aromatic N) is 2. The smallest absolute Gasteiger partial charge is 0.191 e. The van der Waals surface area contributed by atoms with Gasteiger partial charge in [-0.05, 0) is 12.8 Å². The van der Waals surface area contributed by atoms with E-state index in [0.29, 0.717) is 18.5 Å². The maximum Gasteiger partial charge on any atom is 0.191 e. The van der Waals surface area contributed by atoms with Gasteiger partial charge in [-0.25, -0.2) is 4.98 Å². The Morgan fingerprint density at radius 3 is 2.52 bits per heavy atom. The lowest BCUT2D eigenvalue weighted by atomic mass is 10.1. The average molecular weight is 444 g/mol. The number of guanidine groups is 1. The quantitative estimate of drug-likeness (QED) is 0.414. The van der Waals surface area contributed by atoms with E-state index in [9.17, 15) is 0 Å². The van der Waals surface area contributed by atoms with E-state index in [-0.39, 0.29) is 24.0 Å². The highest BCUT2D eigenvalue weighted by molar-refractivity contribution is 14.0. The molecule has 0 aliphatic rings. The first kappa shape index (κ1) is 19.9. The predicted molar refractivity (Wildman–Crippen MR) is 111 cm³/mol. The molecule has 1 aromatic heterocycles. The third kappa shape index (κ3) is 6.10. The first-order valence-corrected chi connectivity index (χ1v) is 8.45. The minimum Gasteiger partial charge on any atom is -0.354 e. The normalized spacial score (nSPS) is 12.7. The molecule has 0 aliphatic carbocycles. The van der Waals surface area contributed by atoms with Gasteiger partial charge in [-0.2, -0.15) is 0 Å². The largest absolute Gasteiger partial charge is 0.354 e. The van der Waals surface area contributed by atoms with E-state index >= 15 is 0 Å². The molecule has 0 spiro atoms. The van der Waals surface area contributed by atoms with Crippen molar-refractivity contribution in [2.45, 2.75) is 33.4 Å². The van der Waals surface area contributed by atoms with Crippen LogP contribution in [0.25, 0.3) is 10.6 Å². The second kappa shape index (κ2) is 9.87. The van der Waals surface area contributed by atoms with E-state index in [1.807, 2.05) is 18.2 Å². The maximum absolute atomic E-state index is 4.67. The molecule has 0 fully saturated rings. The van der Waals surface area contributed by atoms with E-state index in [0.717, 1.165) is 22.2 Å². The fourth-order valence-electron chi connectivity index (χ4n) is 1.85. The van der Waals surface area contributed by atoms with Crippen LogP contribution in [-0.2, 0) is 6.54 Å². The maximum atomic E-state index is 4.67. The Morgan fingerprint density at radius 1 is 1.22 bits per heavy atom. The average Bonchev–Trinajstić information content (AvgIpc) is 3.00. The Morgan fingerprint density at radius 2 is 1.91 bits per heavy atom. The molecule has 0 bridgehead atoms. The van der Waals surface area contributed by atoms with Crippen LogP contribution in [0.4, 0.5) is 0 Å². The molecule has 1 atom stereocenters. The van der Waals surface area contributed by atoms with Gasteiger partial charge in [0, 0.05) is 24.0 Å². The molecule has 0 radical (unpaired) electrons. The molecule has 126 valence electrons. The molecule has 2 N–H and O–H groups in total. The van der Waals surface area contributed by atoms with Crippen LogP contribution in [0.5, 0.6) is 0 Å². The standard InChI is InChI=1S/C17H24N4S.HI/c1-12(2)13(3)20-17(18-4)19-10-15-11-22-16(21-15)14-8-6-5-7-9-14;/h5-9,11-13H,10H2,1-4H3,(H2,18,19,20);1H. The Bertz CT molecular complexity index is 610. The summed E-state index contributed by atoms with van der Waals surface area (Å²) in [4.78, 5) is 8.93. The summed E-state index contributed by atoms with van der Waals surface area (Å²) in [6.07, 6.45) is 0. The molecule has 0 aliphatic heterocycles. The van der Waals surface area contributed by atoms with E-state index in [1.165, 1.54) is 0 Å². The summed E-state index contributed by atoms with van der Waals surface area (Å²) >= 11 is 1.67. The van der Waals surface area contributed by atoms with Gasteiger partial charge >= 0.3 is 0 Å². The van der Waals surface area contributed by atoms with Crippen LogP contribution in [0.15, 0.2) is 40.7 Å². The second-order valence-electron chi connectivity index (χ2n) is 5.61. The van der Waals surface area contributed by atoms with Gasteiger partial charge in [-0.3, -0.25) is 4.99 Å².